The van der Waals surface area contributed by atoms with E-state index in [1.807, 2.05) is 0 Å². The largest absolute Gasteiger partial charge is 0.374 e. The Balaban J connectivity index is 1.67. The molecule has 102 valence electrons. The number of nitrogens with zero attached hydrogens (tertiary/aromatic N) is 1. The molecule has 4 unspecified atom stereocenters. The summed E-state index contributed by atoms with van der Waals surface area (Å²) in [5.74, 6) is 0.988. The molecule has 18 heavy (non-hydrogen) atoms. The molecule has 0 aromatic heterocycles. The van der Waals surface area contributed by atoms with Crippen molar-refractivity contribution in [1.82, 2.24) is 10.2 Å². The van der Waals surface area contributed by atoms with Gasteiger partial charge in [-0.15, -0.1) is 0 Å². The van der Waals surface area contributed by atoms with Crippen LogP contribution in [-0.4, -0.2) is 48.7 Å². The summed E-state index contributed by atoms with van der Waals surface area (Å²) in [6.45, 7) is 4.73. The van der Waals surface area contributed by atoms with Crippen molar-refractivity contribution in [3.05, 3.63) is 0 Å². The lowest BCUT2D eigenvalue weighted by molar-refractivity contribution is -0.147. The van der Waals surface area contributed by atoms with Crippen molar-refractivity contribution in [3.63, 3.8) is 0 Å². The van der Waals surface area contributed by atoms with Crippen LogP contribution in [0.1, 0.15) is 39.0 Å². The van der Waals surface area contributed by atoms with Crippen molar-refractivity contribution in [2.45, 2.75) is 57.2 Å². The number of piperidine rings is 1. The zero-order valence-corrected chi connectivity index (χ0v) is 11.2. The minimum absolute atomic E-state index is 0.0492. The molecule has 1 aliphatic carbocycles. The second-order valence-electron chi connectivity index (χ2n) is 6.08. The summed E-state index contributed by atoms with van der Waals surface area (Å²) in [4.78, 5) is 14.8. The van der Waals surface area contributed by atoms with Crippen LogP contribution < -0.4 is 5.32 Å². The Labute approximate surface area is 109 Å². The fraction of sp³-hybridized carbons (Fsp3) is 0.929. The lowest BCUT2D eigenvalue weighted by atomic mass is 9.93. The first-order valence-electron chi connectivity index (χ1n) is 7.41. The van der Waals surface area contributed by atoms with Crippen LogP contribution >= 0.6 is 0 Å². The van der Waals surface area contributed by atoms with E-state index in [0.717, 1.165) is 39.0 Å². The lowest BCUT2D eigenvalue weighted by Gasteiger charge is -2.40. The number of rotatable bonds is 1. The minimum atomic E-state index is 0.0492. The number of hydrogen-bond donors (Lipinski definition) is 1. The number of hydrogen-bond acceptors (Lipinski definition) is 3. The molecule has 0 aromatic rings. The maximum Gasteiger partial charge on any atom is 0.240 e. The van der Waals surface area contributed by atoms with E-state index in [1.165, 1.54) is 12.8 Å². The zero-order chi connectivity index (χ0) is 12.5. The van der Waals surface area contributed by atoms with Gasteiger partial charge in [-0.2, -0.15) is 0 Å². The highest BCUT2D eigenvalue weighted by molar-refractivity contribution is 5.82. The van der Waals surface area contributed by atoms with Gasteiger partial charge in [0.2, 0.25) is 5.91 Å². The molecule has 0 radical (unpaired) electrons. The predicted molar refractivity (Wildman–Crippen MR) is 69.3 cm³/mol. The number of morpholine rings is 1. The highest BCUT2D eigenvalue weighted by atomic mass is 16.5. The van der Waals surface area contributed by atoms with Crippen LogP contribution in [0.5, 0.6) is 0 Å². The monoisotopic (exact) mass is 252 g/mol. The Morgan fingerprint density at radius 1 is 1.33 bits per heavy atom. The van der Waals surface area contributed by atoms with E-state index in [0.29, 0.717) is 24.0 Å². The van der Waals surface area contributed by atoms with E-state index in [1.54, 1.807) is 0 Å². The van der Waals surface area contributed by atoms with Crippen molar-refractivity contribution < 1.29 is 9.53 Å². The van der Waals surface area contributed by atoms with Crippen LogP contribution in [0.15, 0.2) is 0 Å². The molecular weight excluding hydrogens is 228 g/mol. The molecule has 1 amide bonds. The summed E-state index contributed by atoms with van der Waals surface area (Å²) < 4.78 is 5.78. The fourth-order valence-corrected chi connectivity index (χ4v) is 3.70. The van der Waals surface area contributed by atoms with E-state index in [4.69, 9.17) is 4.74 Å². The van der Waals surface area contributed by atoms with Gasteiger partial charge in [0.05, 0.1) is 24.8 Å². The fourth-order valence-electron chi connectivity index (χ4n) is 3.70. The Bertz CT molecular complexity index is 321. The van der Waals surface area contributed by atoms with Gasteiger partial charge in [-0.25, -0.2) is 0 Å². The van der Waals surface area contributed by atoms with Gasteiger partial charge in [-0.05, 0) is 44.6 Å². The molecule has 1 saturated carbocycles. The van der Waals surface area contributed by atoms with E-state index in [9.17, 15) is 4.79 Å². The molecule has 3 aliphatic rings. The molecule has 2 aliphatic heterocycles. The maximum atomic E-state index is 12.6. The van der Waals surface area contributed by atoms with Gasteiger partial charge in [0.1, 0.15) is 0 Å². The Kier molecular flexibility index (Phi) is 3.57. The number of ether oxygens (including phenoxy) is 1. The van der Waals surface area contributed by atoms with E-state index >= 15 is 0 Å². The molecule has 2 saturated heterocycles. The number of nitrogens with one attached hydrogen (secondary N) is 1. The molecule has 4 atom stereocenters. The maximum absolute atomic E-state index is 12.6. The molecule has 0 spiro atoms. The Hall–Kier alpha value is -0.610. The first kappa shape index (κ1) is 12.4. The highest BCUT2D eigenvalue weighted by Crippen LogP contribution is 2.30. The second-order valence-corrected chi connectivity index (χ2v) is 6.08. The average Bonchev–Trinajstić information content (AvgIpc) is 2.86. The summed E-state index contributed by atoms with van der Waals surface area (Å²) in [5.41, 5.74) is 0. The molecule has 4 heteroatoms. The van der Waals surface area contributed by atoms with Crippen LogP contribution in [0.25, 0.3) is 0 Å². The van der Waals surface area contributed by atoms with Gasteiger partial charge in [0.25, 0.3) is 0 Å². The summed E-state index contributed by atoms with van der Waals surface area (Å²) in [7, 11) is 0. The van der Waals surface area contributed by atoms with Gasteiger partial charge in [-0.3, -0.25) is 4.79 Å². The summed E-state index contributed by atoms with van der Waals surface area (Å²) in [6.07, 6.45) is 5.95. The van der Waals surface area contributed by atoms with Crippen LogP contribution in [0.3, 0.4) is 0 Å². The van der Waals surface area contributed by atoms with Crippen molar-refractivity contribution in [3.8, 4) is 0 Å². The third-order valence-corrected chi connectivity index (χ3v) is 4.73. The second kappa shape index (κ2) is 5.17. The summed E-state index contributed by atoms with van der Waals surface area (Å²) >= 11 is 0. The molecule has 0 bridgehead atoms. The molecule has 2 heterocycles. The van der Waals surface area contributed by atoms with Crippen LogP contribution in [0.2, 0.25) is 0 Å². The van der Waals surface area contributed by atoms with E-state index < -0.39 is 0 Å². The summed E-state index contributed by atoms with van der Waals surface area (Å²) in [5, 5.41) is 3.39. The quantitative estimate of drug-likeness (QED) is 0.761. The summed E-state index contributed by atoms with van der Waals surface area (Å²) in [6, 6.07) is 0.401. The standard InChI is InChI=1S/C14H24N2O2/c1-10-5-6-15-11(9-10)14(17)16-7-8-18-13-4-2-3-12(13)16/h10-13,15H,2-9H2,1H3. The normalized spacial score (nSPS) is 40.6. The number of carbonyl (C=O) groups is 1. The smallest absolute Gasteiger partial charge is 0.240 e. The Morgan fingerprint density at radius 2 is 2.22 bits per heavy atom. The van der Waals surface area contributed by atoms with E-state index in [-0.39, 0.29) is 6.04 Å². The average molecular weight is 252 g/mol. The Morgan fingerprint density at radius 3 is 3.06 bits per heavy atom. The predicted octanol–water partition coefficient (Wildman–Crippen LogP) is 1.15. The van der Waals surface area contributed by atoms with Crippen LogP contribution in [-0.2, 0) is 9.53 Å². The van der Waals surface area contributed by atoms with Crippen molar-refractivity contribution in [1.29, 1.82) is 0 Å². The molecule has 4 nitrogen and oxygen atoms in total. The molecule has 3 rings (SSSR count). The molecule has 0 aromatic carbocycles. The number of amides is 1. The molecular formula is C14H24N2O2. The van der Waals surface area contributed by atoms with Gasteiger partial charge < -0.3 is 15.0 Å². The van der Waals surface area contributed by atoms with Crippen LogP contribution in [0, 0.1) is 5.92 Å². The van der Waals surface area contributed by atoms with Crippen molar-refractivity contribution in [2.24, 2.45) is 5.92 Å². The SMILES string of the molecule is CC1CCNC(C(=O)N2CCOC3CCCC32)C1. The minimum Gasteiger partial charge on any atom is -0.374 e. The van der Waals surface area contributed by atoms with Crippen molar-refractivity contribution >= 4 is 5.91 Å². The zero-order valence-electron chi connectivity index (χ0n) is 11.2. The van der Waals surface area contributed by atoms with Crippen LogP contribution in [0.4, 0.5) is 0 Å². The third kappa shape index (κ3) is 2.28. The molecule has 3 fully saturated rings. The van der Waals surface area contributed by atoms with Crippen molar-refractivity contribution in [2.75, 3.05) is 19.7 Å². The van der Waals surface area contributed by atoms with Gasteiger partial charge in [-0.1, -0.05) is 6.92 Å². The number of carbonyl (C=O) groups excluding carboxylic acids is 1. The first-order chi connectivity index (χ1) is 8.75. The van der Waals surface area contributed by atoms with Gasteiger partial charge in [0, 0.05) is 6.54 Å². The van der Waals surface area contributed by atoms with E-state index in [2.05, 4.69) is 17.1 Å². The first-order valence-corrected chi connectivity index (χ1v) is 7.41. The van der Waals surface area contributed by atoms with Gasteiger partial charge in [0.15, 0.2) is 0 Å². The third-order valence-electron chi connectivity index (χ3n) is 4.73. The number of fused-ring (bicyclic) bond motifs is 1. The van der Waals surface area contributed by atoms with Gasteiger partial charge >= 0.3 is 0 Å². The highest BCUT2D eigenvalue weighted by Gasteiger charge is 2.40. The lowest BCUT2D eigenvalue weighted by Crippen LogP contribution is -2.57. The molecule has 1 N–H and O–H groups in total. The topological polar surface area (TPSA) is 41.6 Å².